The molecule has 0 aliphatic carbocycles. The molecule has 1 N–H and O–H groups in total. The summed E-state index contributed by atoms with van der Waals surface area (Å²) < 4.78 is 42.9. The Hall–Kier alpha value is -1.48. The zero-order chi connectivity index (χ0) is 16.6. The first-order valence-corrected chi connectivity index (χ1v) is 8.80. The minimum Gasteiger partial charge on any atom is -0.337 e. The van der Waals surface area contributed by atoms with Crippen molar-refractivity contribution in [2.24, 2.45) is 7.05 Å². The molecule has 0 bridgehead atoms. The van der Waals surface area contributed by atoms with Crippen LogP contribution in [-0.4, -0.2) is 41.9 Å². The molecule has 2 heterocycles. The molecule has 0 amide bonds. The summed E-state index contributed by atoms with van der Waals surface area (Å²) in [4.78, 5) is 4.26. The number of nitrogens with one attached hydrogen (secondary N) is 1. The second-order valence-corrected chi connectivity index (χ2v) is 7.59. The second-order valence-electron chi connectivity index (χ2n) is 5.70. The number of benzene rings is 1. The number of piperazine rings is 1. The minimum absolute atomic E-state index is 0. The number of aryl methyl sites for hydroxylation is 2. The predicted molar refractivity (Wildman–Crippen MR) is 91.1 cm³/mol. The summed E-state index contributed by atoms with van der Waals surface area (Å²) >= 11 is 0. The van der Waals surface area contributed by atoms with E-state index in [4.69, 9.17) is 0 Å². The van der Waals surface area contributed by atoms with E-state index in [-0.39, 0.29) is 17.3 Å². The average Bonchev–Trinajstić information content (AvgIpc) is 2.92. The summed E-state index contributed by atoms with van der Waals surface area (Å²) in [6.45, 7) is 3.01. The SMILES string of the molecule is Cc1cc(F)cc(S(=O)(=O)N2CCNCC2c2nccn2C)c1.Cl. The van der Waals surface area contributed by atoms with Gasteiger partial charge in [-0.05, 0) is 30.7 Å². The van der Waals surface area contributed by atoms with Crippen LogP contribution in [0, 0.1) is 12.7 Å². The van der Waals surface area contributed by atoms with Crippen molar-refractivity contribution in [2.45, 2.75) is 17.9 Å². The Morgan fingerprint density at radius 2 is 2.08 bits per heavy atom. The van der Waals surface area contributed by atoms with E-state index in [1.807, 2.05) is 7.05 Å². The fourth-order valence-electron chi connectivity index (χ4n) is 2.88. The summed E-state index contributed by atoms with van der Waals surface area (Å²) in [5, 5.41) is 3.19. The summed E-state index contributed by atoms with van der Waals surface area (Å²) in [7, 11) is -1.97. The highest BCUT2D eigenvalue weighted by molar-refractivity contribution is 7.89. The Kier molecular flexibility index (Phi) is 5.64. The highest BCUT2D eigenvalue weighted by Gasteiger charge is 2.36. The van der Waals surface area contributed by atoms with Crippen LogP contribution in [0.25, 0.3) is 0 Å². The Balaban J connectivity index is 0.00000208. The van der Waals surface area contributed by atoms with E-state index in [2.05, 4.69) is 10.3 Å². The molecule has 0 saturated carbocycles. The van der Waals surface area contributed by atoms with Crippen molar-refractivity contribution in [1.82, 2.24) is 19.2 Å². The standard InChI is InChI=1S/C15H19FN4O2S.ClH/c1-11-7-12(16)9-13(8-11)23(21,22)20-6-3-17-10-14(20)15-18-4-5-19(15)2;/h4-5,7-9,14,17H,3,6,10H2,1-2H3;1H. The zero-order valence-electron chi connectivity index (χ0n) is 13.4. The van der Waals surface area contributed by atoms with E-state index in [0.29, 0.717) is 31.0 Å². The molecule has 1 aromatic carbocycles. The van der Waals surface area contributed by atoms with Crippen molar-refractivity contribution in [3.8, 4) is 0 Å². The van der Waals surface area contributed by atoms with Crippen LogP contribution in [0.15, 0.2) is 35.5 Å². The van der Waals surface area contributed by atoms with Gasteiger partial charge in [-0.2, -0.15) is 4.31 Å². The molecule has 1 unspecified atom stereocenters. The van der Waals surface area contributed by atoms with Crippen molar-refractivity contribution in [2.75, 3.05) is 19.6 Å². The summed E-state index contributed by atoms with van der Waals surface area (Å²) in [6.07, 6.45) is 3.42. The van der Waals surface area contributed by atoms with Gasteiger partial charge in [-0.15, -0.1) is 12.4 Å². The largest absolute Gasteiger partial charge is 0.337 e. The maximum atomic E-state index is 13.6. The van der Waals surface area contributed by atoms with Gasteiger partial charge in [0.05, 0.1) is 10.9 Å². The quantitative estimate of drug-likeness (QED) is 0.886. The third kappa shape index (κ3) is 3.46. The molecule has 1 aromatic heterocycles. The van der Waals surface area contributed by atoms with Gasteiger partial charge in [-0.25, -0.2) is 17.8 Å². The maximum Gasteiger partial charge on any atom is 0.243 e. The van der Waals surface area contributed by atoms with Gasteiger partial charge < -0.3 is 9.88 Å². The lowest BCUT2D eigenvalue weighted by Gasteiger charge is -2.34. The van der Waals surface area contributed by atoms with Gasteiger partial charge in [0.15, 0.2) is 0 Å². The van der Waals surface area contributed by atoms with Gasteiger partial charge in [0.1, 0.15) is 11.6 Å². The third-order valence-electron chi connectivity index (χ3n) is 3.97. The molecule has 1 aliphatic heterocycles. The van der Waals surface area contributed by atoms with Crippen LogP contribution in [0.4, 0.5) is 4.39 Å². The van der Waals surface area contributed by atoms with Gasteiger partial charge in [0, 0.05) is 39.1 Å². The lowest BCUT2D eigenvalue weighted by Crippen LogP contribution is -2.49. The number of hydrogen-bond acceptors (Lipinski definition) is 4. The van der Waals surface area contributed by atoms with Gasteiger partial charge in [-0.3, -0.25) is 0 Å². The number of sulfonamides is 1. The van der Waals surface area contributed by atoms with Crippen LogP contribution >= 0.6 is 12.4 Å². The van der Waals surface area contributed by atoms with E-state index in [9.17, 15) is 12.8 Å². The second kappa shape index (κ2) is 7.18. The first-order chi connectivity index (χ1) is 10.9. The van der Waals surface area contributed by atoms with Gasteiger partial charge in [-0.1, -0.05) is 0 Å². The number of rotatable bonds is 3. The molecule has 24 heavy (non-hydrogen) atoms. The van der Waals surface area contributed by atoms with Crippen LogP contribution in [0.2, 0.25) is 0 Å². The summed E-state index contributed by atoms with van der Waals surface area (Å²) in [6, 6.07) is 3.46. The first kappa shape index (κ1) is 18.9. The molecule has 9 heteroatoms. The van der Waals surface area contributed by atoms with Crippen LogP contribution < -0.4 is 5.32 Å². The van der Waals surface area contributed by atoms with Crippen LogP contribution in [0.5, 0.6) is 0 Å². The van der Waals surface area contributed by atoms with Crippen molar-refractivity contribution >= 4 is 22.4 Å². The van der Waals surface area contributed by atoms with Crippen LogP contribution in [0.3, 0.4) is 0 Å². The average molecular weight is 375 g/mol. The Morgan fingerprint density at radius 3 is 2.71 bits per heavy atom. The molecule has 3 rings (SSSR count). The topological polar surface area (TPSA) is 67.2 Å². The molecular formula is C15H20ClFN4O2S. The van der Waals surface area contributed by atoms with Crippen LogP contribution in [-0.2, 0) is 17.1 Å². The van der Waals surface area contributed by atoms with E-state index >= 15 is 0 Å². The molecule has 1 saturated heterocycles. The number of nitrogens with zero attached hydrogens (tertiary/aromatic N) is 3. The molecular weight excluding hydrogens is 355 g/mol. The maximum absolute atomic E-state index is 13.6. The smallest absolute Gasteiger partial charge is 0.243 e. The molecule has 2 aromatic rings. The lowest BCUT2D eigenvalue weighted by atomic mass is 10.2. The van der Waals surface area contributed by atoms with Gasteiger partial charge in [0.25, 0.3) is 0 Å². The zero-order valence-corrected chi connectivity index (χ0v) is 15.1. The first-order valence-electron chi connectivity index (χ1n) is 7.36. The molecule has 6 nitrogen and oxygen atoms in total. The van der Waals surface area contributed by atoms with Crippen molar-refractivity contribution < 1.29 is 12.8 Å². The van der Waals surface area contributed by atoms with Crippen LogP contribution in [0.1, 0.15) is 17.4 Å². The third-order valence-corrected chi connectivity index (χ3v) is 5.86. The Labute approximate surface area is 147 Å². The molecule has 0 spiro atoms. The fraction of sp³-hybridized carbons (Fsp3) is 0.400. The van der Waals surface area contributed by atoms with Gasteiger partial charge >= 0.3 is 0 Å². The lowest BCUT2D eigenvalue weighted by molar-refractivity contribution is 0.258. The molecule has 0 radical (unpaired) electrons. The number of halogens is 2. The Morgan fingerprint density at radius 1 is 1.33 bits per heavy atom. The summed E-state index contributed by atoms with van der Waals surface area (Å²) in [5.74, 6) is 0.112. The molecule has 1 fully saturated rings. The normalized spacial score (nSPS) is 19.0. The molecule has 1 aliphatic rings. The van der Waals surface area contributed by atoms with E-state index in [0.717, 1.165) is 6.07 Å². The monoisotopic (exact) mass is 374 g/mol. The molecule has 1 atom stereocenters. The van der Waals surface area contributed by atoms with Gasteiger partial charge in [0.2, 0.25) is 10.0 Å². The van der Waals surface area contributed by atoms with Crippen molar-refractivity contribution in [3.63, 3.8) is 0 Å². The molecule has 132 valence electrons. The number of aromatic nitrogens is 2. The van der Waals surface area contributed by atoms with E-state index < -0.39 is 21.9 Å². The number of imidazole rings is 1. The van der Waals surface area contributed by atoms with E-state index in [1.165, 1.54) is 16.4 Å². The predicted octanol–water partition coefficient (Wildman–Crippen LogP) is 1.62. The van der Waals surface area contributed by atoms with Crippen molar-refractivity contribution in [1.29, 1.82) is 0 Å². The highest BCUT2D eigenvalue weighted by Crippen LogP contribution is 2.28. The fourth-order valence-corrected chi connectivity index (χ4v) is 4.58. The van der Waals surface area contributed by atoms with E-state index in [1.54, 1.807) is 23.9 Å². The minimum atomic E-state index is -3.80. The van der Waals surface area contributed by atoms with Crippen molar-refractivity contribution in [3.05, 3.63) is 47.8 Å². The number of hydrogen-bond donors (Lipinski definition) is 1. The summed E-state index contributed by atoms with van der Waals surface area (Å²) in [5.41, 5.74) is 0.576. The highest BCUT2D eigenvalue weighted by atomic mass is 35.5. The Bertz CT molecular complexity index is 804.